The van der Waals surface area contributed by atoms with Crippen molar-refractivity contribution in [3.63, 3.8) is 0 Å². The number of aliphatic hydroxyl groups is 1. The average molecular weight is 598 g/mol. The topological polar surface area (TPSA) is 55.5 Å². The average Bonchev–Trinajstić information content (AvgIpc) is 3.33. The van der Waals surface area contributed by atoms with Crippen LogP contribution in [-0.2, 0) is 12.1 Å². The first-order chi connectivity index (χ1) is 16.8. The zero-order valence-corrected chi connectivity index (χ0v) is 24.0. The van der Waals surface area contributed by atoms with Gasteiger partial charge in [0, 0.05) is 18.6 Å². The predicted molar refractivity (Wildman–Crippen MR) is 140 cm³/mol. The van der Waals surface area contributed by atoms with Gasteiger partial charge >= 0.3 is 0 Å². The van der Waals surface area contributed by atoms with Crippen LogP contribution in [0.3, 0.4) is 0 Å². The third-order valence-corrected chi connectivity index (χ3v) is 7.75. The molecule has 8 heteroatoms. The molecule has 2 aromatic carbocycles. The lowest BCUT2D eigenvalue weighted by atomic mass is 9.71. The summed E-state index contributed by atoms with van der Waals surface area (Å²) in [4.78, 5) is 0. The van der Waals surface area contributed by atoms with Crippen molar-refractivity contribution in [2.24, 2.45) is 5.92 Å². The van der Waals surface area contributed by atoms with Gasteiger partial charge in [-0.3, -0.25) is 0 Å². The summed E-state index contributed by atoms with van der Waals surface area (Å²) in [6.07, 6.45) is 6.36. The second-order valence-electron chi connectivity index (χ2n) is 10.2. The Morgan fingerprint density at radius 3 is 2.44 bits per heavy atom. The van der Waals surface area contributed by atoms with Crippen molar-refractivity contribution in [3.05, 3.63) is 81.7 Å². The molecule has 0 saturated heterocycles. The number of aromatic nitrogens is 1. The maximum absolute atomic E-state index is 12.0. The molecule has 5 nitrogen and oxygen atoms in total. The van der Waals surface area contributed by atoms with E-state index in [0.29, 0.717) is 39.1 Å². The first-order valence-corrected chi connectivity index (χ1v) is 13.2. The second-order valence-corrected chi connectivity index (χ2v) is 11.1. The zero-order chi connectivity index (χ0) is 24.9. The van der Waals surface area contributed by atoms with Crippen LogP contribution in [0.5, 0.6) is 5.75 Å². The molecular weight excluding hydrogens is 563 g/mol. The van der Waals surface area contributed by atoms with Gasteiger partial charge in [0.15, 0.2) is 5.76 Å². The molecule has 1 atom stereocenters. The number of nitrogens with zero attached hydrogens (tertiary/aromatic N) is 2. The van der Waals surface area contributed by atoms with Gasteiger partial charge in [0.05, 0.1) is 37.3 Å². The van der Waals surface area contributed by atoms with Gasteiger partial charge in [0.1, 0.15) is 23.6 Å². The number of hydrogen-bond donors (Lipinski definition) is 1. The van der Waals surface area contributed by atoms with Crippen LogP contribution in [0.2, 0.25) is 10.0 Å². The molecule has 3 aromatic rings. The van der Waals surface area contributed by atoms with Crippen molar-refractivity contribution < 1.29 is 35.8 Å². The number of quaternary nitrogens is 1. The van der Waals surface area contributed by atoms with Gasteiger partial charge in [-0.05, 0) is 36.5 Å². The number of ether oxygens (including phenoxy) is 1. The number of rotatable bonds is 10. The van der Waals surface area contributed by atoms with Gasteiger partial charge in [-0.25, -0.2) is 0 Å². The van der Waals surface area contributed by atoms with Crippen LogP contribution >= 0.6 is 23.2 Å². The fraction of sp³-hybridized carbons (Fsp3) is 0.464. The minimum absolute atomic E-state index is 0. The number of benzene rings is 2. The van der Waals surface area contributed by atoms with Gasteiger partial charge in [-0.15, -0.1) is 0 Å². The zero-order valence-electron chi connectivity index (χ0n) is 20.9. The van der Waals surface area contributed by atoms with E-state index in [1.807, 2.05) is 42.5 Å². The highest BCUT2D eigenvalue weighted by Gasteiger charge is 2.43. The van der Waals surface area contributed by atoms with Crippen molar-refractivity contribution in [2.45, 2.75) is 50.7 Å². The highest BCUT2D eigenvalue weighted by Crippen LogP contribution is 2.43. The molecule has 1 aromatic heterocycles. The fourth-order valence-corrected chi connectivity index (χ4v) is 5.41. The molecule has 0 radical (unpaired) electrons. The van der Waals surface area contributed by atoms with Crippen molar-refractivity contribution in [2.75, 3.05) is 27.2 Å². The Morgan fingerprint density at radius 1 is 1.03 bits per heavy atom. The van der Waals surface area contributed by atoms with E-state index in [9.17, 15) is 5.11 Å². The number of hydrogen-bond acceptors (Lipinski definition) is 4. The minimum atomic E-state index is -1.13. The smallest absolute Gasteiger partial charge is 0.191 e. The fourth-order valence-electron chi connectivity index (χ4n) is 5.12. The molecule has 1 fully saturated rings. The molecule has 1 aliphatic carbocycles. The van der Waals surface area contributed by atoms with Crippen LogP contribution in [0, 0.1) is 5.92 Å². The van der Waals surface area contributed by atoms with E-state index < -0.39 is 5.60 Å². The first kappa shape index (κ1) is 29.0. The summed E-state index contributed by atoms with van der Waals surface area (Å²) in [5, 5.41) is 17.4. The molecule has 1 saturated carbocycles. The normalized spacial score (nSPS) is 16.2. The molecule has 36 heavy (non-hydrogen) atoms. The van der Waals surface area contributed by atoms with Gasteiger partial charge < -0.3 is 35.8 Å². The summed E-state index contributed by atoms with van der Waals surface area (Å²) < 4.78 is 12.3. The highest BCUT2D eigenvalue weighted by molar-refractivity contribution is 6.42. The van der Waals surface area contributed by atoms with Gasteiger partial charge in [0.25, 0.3) is 0 Å². The Hall–Kier alpha value is -1.57. The molecule has 1 aliphatic rings. The third kappa shape index (κ3) is 7.05. The van der Waals surface area contributed by atoms with Crippen LogP contribution in [-0.4, -0.2) is 42.0 Å². The van der Waals surface area contributed by atoms with Gasteiger partial charge in [-0.1, -0.05) is 78.0 Å². The Bertz CT molecular complexity index is 1100. The molecule has 0 aliphatic heterocycles. The molecular formula is C28H35BrCl2N2O3. The predicted octanol–water partition coefficient (Wildman–Crippen LogP) is 3.85. The summed E-state index contributed by atoms with van der Waals surface area (Å²) in [5.74, 6) is 1.63. The SMILES string of the molecule is C[N+](C)(CCCOc1ccc(Cl)c(Cl)c1)Cc1cc(C(O)(c2ccccc2)C2CCCCC2)no1.[Br-]. The highest BCUT2D eigenvalue weighted by atomic mass is 79.9. The van der Waals surface area contributed by atoms with Crippen LogP contribution in [0.1, 0.15) is 55.5 Å². The van der Waals surface area contributed by atoms with Crippen molar-refractivity contribution >= 4 is 23.2 Å². The van der Waals surface area contributed by atoms with Crippen molar-refractivity contribution in [1.82, 2.24) is 5.16 Å². The van der Waals surface area contributed by atoms with E-state index in [1.54, 1.807) is 12.1 Å². The maximum Gasteiger partial charge on any atom is 0.191 e. The molecule has 0 bridgehead atoms. The van der Waals surface area contributed by atoms with E-state index in [0.717, 1.165) is 50.0 Å². The molecule has 1 unspecified atom stereocenters. The molecule has 1 N–H and O–H groups in total. The van der Waals surface area contributed by atoms with E-state index in [-0.39, 0.29) is 22.9 Å². The second kappa shape index (κ2) is 12.8. The number of halogens is 3. The molecule has 196 valence electrons. The third-order valence-electron chi connectivity index (χ3n) is 7.01. The summed E-state index contributed by atoms with van der Waals surface area (Å²) in [6, 6.07) is 17.2. The Morgan fingerprint density at radius 2 is 1.75 bits per heavy atom. The van der Waals surface area contributed by atoms with E-state index in [1.165, 1.54) is 6.42 Å². The molecule has 1 heterocycles. The van der Waals surface area contributed by atoms with Crippen molar-refractivity contribution in [3.8, 4) is 5.75 Å². The van der Waals surface area contributed by atoms with Crippen LogP contribution < -0.4 is 21.7 Å². The monoisotopic (exact) mass is 596 g/mol. The summed E-state index contributed by atoms with van der Waals surface area (Å²) in [7, 11) is 4.32. The largest absolute Gasteiger partial charge is 1.00 e. The van der Waals surface area contributed by atoms with Crippen molar-refractivity contribution in [1.29, 1.82) is 0 Å². The summed E-state index contributed by atoms with van der Waals surface area (Å²) in [6.45, 7) is 2.15. The summed E-state index contributed by atoms with van der Waals surface area (Å²) >= 11 is 12.0. The first-order valence-electron chi connectivity index (χ1n) is 12.4. The maximum atomic E-state index is 12.0. The Labute approximate surface area is 234 Å². The van der Waals surface area contributed by atoms with Crippen LogP contribution in [0.15, 0.2) is 59.1 Å². The lowest BCUT2D eigenvalue weighted by Crippen LogP contribution is -3.00. The summed E-state index contributed by atoms with van der Waals surface area (Å²) in [5.41, 5.74) is 0.377. The van der Waals surface area contributed by atoms with Crippen LogP contribution in [0.4, 0.5) is 0 Å². The quantitative estimate of drug-likeness (QED) is 0.285. The Kier molecular flexibility index (Phi) is 10.3. The lowest BCUT2D eigenvalue weighted by molar-refractivity contribution is -0.904. The van der Waals surface area contributed by atoms with E-state index in [4.69, 9.17) is 32.5 Å². The minimum Gasteiger partial charge on any atom is -1.00 e. The Balaban J connectivity index is 0.00000361. The van der Waals surface area contributed by atoms with Crippen LogP contribution in [0.25, 0.3) is 0 Å². The molecule has 0 amide bonds. The standard InChI is InChI=1S/C28H35Cl2N2O3.BrH/c1-32(2,16-9-17-34-23-14-15-25(29)26(30)18-23)20-24-19-27(31-35-24)28(33,21-10-5-3-6-11-21)22-12-7-4-8-13-22;/h3,5-6,10-11,14-15,18-19,22,33H,4,7-9,12-13,16-17,20H2,1-2H3;1H/q+1;/p-1. The molecule has 4 rings (SSSR count). The van der Waals surface area contributed by atoms with E-state index >= 15 is 0 Å². The van der Waals surface area contributed by atoms with Gasteiger partial charge in [0.2, 0.25) is 0 Å². The van der Waals surface area contributed by atoms with E-state index in [2.05, 4.69) is 19.3 Å². The lowest BCUT2D eigenvalue weighted by Gasteiger charge is -2.37. The van der Waals surface area contributed by atoms with Gasteiger partial charge in [-0.2, -0.15) is 0 Å². The molecule has 0 spiro atoms.